The third kappa shape index (κ3) is 8.95. The van der Waals surface area contributed by atoms with Crippen LogP contribution in [0.4, 0.5) is 0 Å². The molecule has 0 radical (unpaired) electrons. The van der Waals surface area contributed by atoms with E-state index >= 15 is 0 Å². The van der Waals surface area contributed by atoms with Crippen LogP contribution in [0.3, 0.4) is 0 Å². The van der Waals surface area contributed by atoms with E-state index < -0.39 is 17.5 Å². The molecule has 0 saturated carbocycles. The van der Waals surface area contributed by atoms with Gasteiger partial charge in [-0.1, -0.05) is 0 Å². The largest absolute Gasteiger partial charge is 0.481 e. The molecule has 0 aromatic rings. The maximum atomic E-state index is 10.7. The molecule has 0 aliphatic rings. The molecule has 6 nitrogen and oxygen atoms in total. The topological polar surface area (TPSA) is 93.1 Å². The summed E-state index contributed by atoms with van der Waals surface area (Å²) >= 11 is 0. The van der Waals surface area contributed by atoms with Crippen LogP contribution in [-0.4, -0.2) is 34.4 Å². The first kappa shape index (κ1) is 12.9. The van der Waals surface area contributed by atoms with E-state index in [0.717, 1.165) is 0 Å². The zero-order chi connectivity index (χ0) is 11.2. The molecule has 14 heavy (non-hydrogen) atoms. The molecule has 0 heterocycles. The molecule has 0 saturated heterocycles. The Hall–Kier alpha value is -1.14. The van der Waals surface area contributed by atoms with Gasteiger partial charge in [-0.05, 0) is 13.8 Å². The molecule has 0 aliphatic carbocycles. The number of hydrogen-bond acceptors (Lipinski definition) is 5. The number of carboxylic acids is 1. The number of aliphatic carboxylic acids is 1. The van der Waals surface area contributed by atoms with E-state index in [1.807, 2.05) is 0 Å². The Morgan fingerprint density at radius 1 is 1.29 bits per heavy atom. The van der Waals surface area contributed by atoms with E-state index in [1.165, 1.54) is 13.8 Å². The third-order valence-electron chi connectivity index (χ3n) is 1.11. The van der Waals surface area contributed by atoms with Crippen LogP contribution in [0.5, 0.6) is 0 Å². The monoisotopic (exact) mass is 206 g/mol. The predicted molar refractivity (Wildman–Crippen MR) is 45.2 cm³/mol. The van der Waals surface area contributed by atoms with Crippen LogP contribution >= 0.6 is 0 Å². The lowest BCUT2D eigenvalue weighted by molar-refractivity contribution is -0.289. The lowest BCUT2D eigenvalue weighted by Crippen LogP contribution is -2.26. The van der Waals surface area contributed by atoms with Crippen molar-refractivity contribution in [3.63, 3.8) is 0 Å². The average molecular weight is 206 g/mol. The third-order valence-corrected chi connectivity index (χ3v) is 1.11. The van der Waals surface area contributed by atoms with Crippen molar-refractivity contribution in [1.82, 2.24) is 0 Å². The SMILES string of the molecule is CC(C)(O)COOC(=O)CCC(=O)O. The molecule has 0 bridgehead atoms. The molecular formula is C8H14O6. The van der Waals surface area contributed by atoms with Crippen LogP contribution in [0, 0.1) is 0 Å². The molecule has 0 spiro atoms. The smallest absolute Gasteiger partial charge is 0.342 e. The summed E-state index contributed by atoms with van der Waals surface area (Å²) in [6, 6.07) is 0. The van der Waals surface area contributed by atoms with Gasteiger partial charge in [0.15, 0.2) is 0 Å². The zero-order valence-electron chi connectivity index (χ0n) is 8.15. The molecule has 6 heteroatoms. The average Bonchev–Trinajstić information content (AvgIpc) is 1.98. The van der Waals surface area contributed by atoms with E-state index in [4.69, 9.17) is 10.2 Å². The fourth-order valence-corrected chi connectivity index (χ4v) is 0.490. The van der Waals surface area contributed by atoms with Crippen molar-refractivity contribution in [3.8, 4) is 0 Å². The lowest BCUT2D eigenvalue weighted by Gasteiger charge is -2.14. The summed E-state index contributed by atoms with van der Waals surface area (Å²) in [5.41, 5.74) is -1.09. The number of hydrogen-bond donors (Lipinski definition) is 2. The summed E-state index contributed by atoms with van der Waals surface area (Å²) in [4.78, 5) is 29.4. The van der Waals surface area contributed by atoms with Crippen LogP contribution in [-0.2, 0) is 19.4 Å². The van der Waals surface area contributed by atoms with E-state index in [0.29, 0.717) is 0 Å². The van der Waals surface area contributed by atoms with Gasteiger partial charge in [0.25, 0.3) is 0 Å². The fraction of sp³-hybridized carbons (Fsp3) is 0.750. The first-order valence-electron chi connectivity index (χ1n) is 4.08. The second kappa shape index (κ2) is 5.56. The fourth-order valence-electron chi connectivity index (χ4n) is 0.490. The predicted octanol–water partition coefficient (Wildman–Crippen LogP) is 0.0969. The van der Waals surface area contributed by atoms with E-state index in [9.17, 15) is 9.59 Å². The van der Waals surface area contributed by atoms with Gasteiger partial charge in [0, 0.05) is 0 Å². The van der Waals surface area contributed by atoms with Crippen LogP contribution < -0.4 is 0 Å². The highest BCUT2D eigenvalue weighted by molar-refractivity contribution is 5.76. The Morgan fingerprint density at radius 3 is 2.29 bits per heavy atom. The van der Waals surface area contributed by atoms with Crippen molar-refractivity contribution < 1.29 is 29.6 Å². The molecular weight excluding hydrogens is 192 g/mol. The Kier molecular flexibility index (Phi) is 5.11. The Bertz CT molecular complexity index is 204. The molecule has 0 rings (SSSR count). The number of rotatable bonds is 6. The van der Waals surface area contributed by atoms with Crippen molar-refractivity contribution in [2.45, 2.75) is 32.3 Å². The minimum absolute atomic E-state index is 0.161. The van der Waals surface area contributed by atoms with Crippen molar-refractivity contribution >= 4 is 11.9 Å². The second-order valence-electron chi connectivity index (χ2n) is 3.42. The minimum atomic E-state index is -1.09. The van der Waals surface area contributed by atoms with Gasteiger partial charge in [-0.15, -0.1) is 0 Å². The molecule has 2 N–H and O–H groups in total. The van der Waals surface area contributed by atoms with E-state index in [2.05, 4.69) is 9.78 Å². The molecule has 0 aromatic heterocycles. The normalized spacial score (nSPS) is 11.1. The van der Waals surface area contributed by atoms with Gasteiger partial charge < -0.3 is 10.2 Å². The summed E-state index contributed by atoms with van der Waals surface area (Å²) < 4.78 is 0. The van der Waals surface area contributed by atoms with Crippen LogP contribution in [0.1, 0.15) is 26.7 Å². The standard InChI is InChI=1S/C8H14O6/c1-8(2,12)5-13-14-7(11)4-3-6(9)10/h12H,3-5H2,1-2H3,(H,9,10). The van der Waals surface area contributed by atoms with Crippen molar-refractivity contribution in [2.75, 3.05) is 6.61 Å². The number of aliphatic hydroxyl groups is 1. The zero-order valence-corrected chi connectivity index (χ0v) is 8.15. The summed E-state index contributed by atoms with van der Waals surface area (Å²) in [7, 11) is 0. The first-order chi connectivity index (χ1) is 6.31. The molecule has 0 amide bonds. The summed E-state index contributed by atoms with van der Waals surface area (Å²) in [6.07, 6.45) is -0.550. The van der Waals surface area contributed by atoms with Crippen LogP contribution in [0.25, 0.3) is 0 Å². The Balaban J connectivity index is 3.50. The van der Waals surface area contributed by atoms with Gasteiger partial charge in [0.1, 0.15) is 6.61 Å². The molecule has 82 valence electrons. The molecule has 0 fully saturated rings. The van der Waals surface area contributed by atoms with Gasteiger partial charge in [-0.3, -0.25) is 9.68 Å². The number of carbonyl (C=O) groups excluding carboxylic acids is 1. The van der Waals surface area contributed by atoms with Crippen molar-refractivity contribution in [2.24, 2.45) is 0 Å². The molecule has 0 atom stereocenters. The summed E-state index contributed by atoms with van der Waals surface area (Å²) in [5, 5.41) is 17.4. The van der Waals surface area contributed by atoms with Gasteiger partial charge in [-0.2, -0.15) is 4.89 Å². The summed E-state index contributed by atoms with van der Waals surface area (Å²) in [6.45, 7) is 2.81. The first-order valence-corrected chi connectivity index (χ1v) is 4.08. The van der Waals surface area contributed by atoms with Gasteiger partial charge in [0.2, 0.25) is 0 Å². The highest BCUT2D eigenvalue weighted by Gasteiger charge is 2.15. The Labute approximate surface area is 81.4 Å². The number of carboxylic acid groups (broad SMARTS) is 1. The molecule has 0 aromatic carbocycles. The lowest BCUT2D eigenvalue weighted by atomic mass is 10.2. The van der Waals surface area contributed by atoms with Crippen LogP contribution in [0.2, 0.25) is 0 Å². The highest BCUT2D eigenvalue weighted by Crippen LogP contribution is 2.02. The van der Waals surface area contributed by atoms with Crippen molar-refractivity contribution in [1.29, 1.82) is 0 Å². The van der Waals surface area contributed by atoms with Gasteiger partial charge >= 0.3 is 11.9 Å². The quantitative estimate of drug-likeness (QED) is 0.472. The maximum Gasteiger partial charge on any atom is 0.342 e. The number of carbonyl (C=O) groups is 2. The van der Waals surface area contributed by atoms with Gasteiger partial charge in [-0.25, -0.2) is 4.79 Å². The highest BCUT2D eigenvalue weighted by atomic mass is 17.2. The summed E-state index contributed by atoms with van der Waals surface area (Å²) in [5.74, 6) is -1.85. The van der Waals surface area contributed by atoms with Gasteiger partial charge in [0.05, 0.1) is 18.4 Å². The maximum absolute atomic E-state index is 10.7. The van der Waals surface area contributed by atoms with Crippen LogP contribution in [0.15, 0.2) is 0 Å². The van der Waals surface area contributed by atoms with E-state index in [1.54, 1.807) is 0 Å². The Morgan fingerprint density at radius 2 is 1.86 bits per heavy atom. The molecule has 0 unspecified atom stereocenters. The minimum Gasteiger partial charge on any atom is -0.481 e. The molecule has 0 aliphatic heterocycles. The van der Waals surface area contributed by atoms with Crippen molar-refractivity contribution in [3.05, 3.63) is 0 Å². The van der Waals surface area contributed by atoms with E-state index in [-0.39, 0.29) is 19.4 Å². The second-order valence-corrected chi connectivity index (χ2v) is 3.42.